The molecule has 1 unspecified atom stereocenters. The lowest BCUT2D eigenvalue weighted by Gasteiger charge is -2.26. The Bertz CT molecular complexity index is 536. The average Bonchev–Trinajstić information content (AvgIpc) is 2.88. The number of pyridine rings is 1. The van der Waals surface area contributed by atoms with Crippen LogP contribution in [0.3, 0.4) is 0 Å². The molecule has 2 heterocycles. The van der Waals surface area contributed by atoms with Crippen LogP contribution in [0, 0.1) is 6.92 Å². The molecule has 0 bridgehead atoms. The number of rotatable bonds is 3. The summed E-state index contributed by atoms with van der Waals surface area (Å²) in [6.07, 6.45) is 3.66. The summed E-state index contributed by atoms with van der Waals surface area (Å²) in [5.74, 6) is 1.14. The maximum absolute atomic E-state index is 4.67. The first-order valence-electron chi connectivity index (χ1n) is 7.07. The van der Waals surface area contributed by atoms with E-state index in [-0.39, 0.29) is 0 Å². The van der Waals surface area contributed by atoms with Crippen LogP contribution >= 0.6 is 0 Å². The van der Waals surface area contributed by atoms with E-state index >= 15 is 0 Å². The Morgan fingerprint density at radius 2 is 1.95 bits per heavy atom. The fourth-order valence-electron chi connectivity index (χ4n) is 2.92. The van der Waals surface area contributed by atoms with Crippen molar-refractivity contribution in [2.75, 3.05) is 11.4 Å². The molecule has 0 saturated carbocycles. The van der Waals surface area contributed by atoms with Crippen LogP contribution in [0.15, 0.2) is 48.5 Å². The van der Waals surface area contributed by atoms with Crippen LogP contribution in [0.2, 0.25) is 0 Å². The number of aromatic nitrogens is 1. The van der Waals surface area contributed by atoms with Gasteiger partial charge in [0.25, 0.3) is 0 Å². The van der Waals surface area contributed by atoms with E-state index in [2.05, 4.69) is 65.3 Å². The maximum Gasteiger partial charge on any atom is 0.129 e. The molecule has 0 aliphatic carbocycles. The number of nitrogens with zero attached hydrogens (tertiary/aromatic N) is 2. The monoisotopic (exact) mass is 252 g/mol. The lowest BCUT2D eigenvalue weighted by Crippen LogP contribution is -2.31. The third-order valence-corrected chi connectivity index (χ3v) is 3.86. The molecule has 3 rings (SSSR count). The maximum atomic E-state index is 4.67. The highest BCUT2D eigenvalue weighted by Gasteiger charge is 2.25. The number of hydrogen-bond acceptors (Lipinski definition) is 2. The minimum atomic E-state index is 0.594. The van der Waals surface area contributed by atoms with Gasteiger partial charge in [0, 0.05) is 18.3 Å². The normalized spacial score (nSPS) is 18.8. The molecule has 1 aliphatic heterocycles. The molecule has 2 heteroatoms. The molecule has 1 fully saturated rings. The van der Waals surface area contributed by atoms with Crippen LogP contribution in [0.1, 0.15) is 24.1 Å². The third kappa shape index (κ3) is 2.78. The molecular weight excluding hydrogens is 232 g/mol. The number of hydrogen-bond donors (Lipinski definition) is 0. The number of aryl methyl sites for hydroxylation is 1. The average molecular weight is 252 g/mol. The SMILES string of the molecule is Cc1cccc(N2CCCC2Cc2ccccc2)n1. The van der Waals surface area contributed by atoms with Gasteiger partial charge in [0.05, 0.1) is 0 Å². The molecular formula is C17H20N2. The molecule has 98 valence electrons. The van der Waals surface area contributed by atoms with Crippen LogP contribution in [-0.2, 0) is 6.42 Å². The molecule has 19 heavy (non-hydrogen) atoms. The van der Waals surface area contributed by atoms with Gasteiger partial charge >= 0.3 is 0 Å². The Balaban J connectivity index is 1.78. The first-order valence-corrected chi connectivity index (χ1v) is 7.07. The van der Waals surface area contributed by atoms with Gasteiger partial charge in [-0.25, -0.2) is 4.98 Å². The molecule has 1 aromatic heterocycles. The molecule has 2 aromatic rings. The molecule has 1 aromatic carbocycles. The van der Waals surface area contributed by atoms with Gasteiger partial charge in [-0.3, -0.25) is 0 Å². The van der Waals surface area contributed by atoms with Gasteiger partial charge in [-0.1, -0.05) is 36.4 Å². The highest BCUT2D eigenvalue weighted by atomic mass is 15.2. The van der Waals surface area contributed by atoms with Crippen LogP contribution < -0.4 is 4.90 Å². The van der Waals surface area contributed by atoms with Crippen LogP contribution in [0.25, 0.3) is 0 Å². The molecule has 1 saturated heterocycles. The zero-order valence-electron chi connectivity index (χ0n) is 11.4. The Hall–Kier alpha value is -1.83. The fraction of sp³-hybridized carbons (Fsp3) is 0.353. The first-order chi connectivity index (χ1) is 9.33. The summed E-state index contributed by atoms with van der Waals surface area (Å²) in [5.41, 5.74) is 2.52. The predicted octanol–water partition coefficient (Wildman–Crippen LogP) is 3.60. The molecule has 0 N–H and O–H groups in total. The van der Waals surface area contributed by atoms with E-state index in [1.807, 2.05) is 0 Å². The molecule has 0 radical (unpaired) electrons. The van der Waals surface area contributed by atoms with Gasteiger partial charge < -0.3 is 4.90 Å². The molecule has 0 amide bonds. The van der Waals surface area contributed by atoms with Crippen molar-refractivity contribution in [2.24, 2.45) is 0 Å². The summed E-state index contributed by atoms with van der Waals surface area (Å²) >= 11 is 0. The zero-order chi connectivity index (χ0) is 13.1. The predicted molar refractivity (Wildman–Crippen MR) is 79.5 cm³/mol. The molecule has 2 nitrogen and oxygen atoms in total. The molecule has 1 aliphatic rings. The van der Waals surface area contributed by atoms with Crippen LogP contribution in [0.4, 0.5) is 5.82 Å². The summed E-state index contributed by atoms with van der Waals surface area (Å²) in [6, 6.07) is 17.7. The minimum Gasteiger partial charge on any atom is -0.353 e. The van der Waals surface area contributed by atoms with E-state index in [0.29, 0.717) is 6.04 Å². The van der Waals surface area contributed by atoms with Crippen molar-refractivity contribution in [3.05, 3.63) is 59.8 Å². The van der Waals surface area contributed by atoms with Crippen molar-refractivity contribution in [2.45, 2.75) is 32.2 Å². The van der Waals surface area contributed by atoms with E-state index in [0.717, 1.165) is 24.5 Å². The highest BCUT2D eigenvalue weighted by Crippen LogP contribution is 2.26. The van der Waals surface area contributed by atoms with Crippen molar-refractivity contribution in [1.29, 1.82) is 0 Å². The van der Waals surface area contributed by atoms with E-state index < -0.39 is 0 Å². The fourth-order valence-corrected chi connectivity index (χ4v) is 2.92. The van der Waals surface area contributed by atoms with Gasteiger partial charge in [-0.05, 0) is 43.9 Å². The molecule has 1 atom stereocenters. The standard InChI is InChI=1S/C17H20N2/c1-14-7-5-11-17(18-14)19-12-6-10-16(19)13-15-8-3-2-4-9-15/h2-5,7-9,11,16H,6,10,12-13H2,1H3. The van der Waals surface area contributed by atoms with Crippen molar-refractivity contribution in [1.82, 2.24) is 4.98 Å². The Kier molecular flexibility index (Phi) is 3.49. The highest BCUT2D eigenvalue weighted by molar-refractivity contribution is 5.42. The largest absolute Gasteiger partial charge is 0.353 e. The Morgan fingerprint density at radius 1 is 1.11 bits per heavy atom. The third-order valence-electron chi connectivity index (χ3n) is 3.86. The van der Waals surface area contributed by atoms with Gasteiger partial charge in [0.15, 0.2) is 0 Å². The van der Waals surface area contributed by atoms with E-state index in [1.54, 1.807) is 0 Å². The van der Waals surface area contributed by atoms with Crippen molar-refractivity contribution in [3.63, 3.8) is 0 Å². The van der Waals surface area contributed by atoms with Crippen LogP contribution in [0.5, 0.6) is 0 Å². The summed E-state index contributed by atoms with van der Waals surface area (Å²) < 4.78 is 0. The lowest BCUT2D eigenvalue weighted by molar-refractivity contribution is 0.657. The topological polar surface area (TPSA) is 16.1 Å². The van der Waals surface area contributed by atoms with Crippen molar-refractivity contribution < 1.29 is 0 Å². The van der Waals surface area contributed by atoms with Crippen LogP contribution in [-0.4, -0.2) is 17.6 Å². The summed E-state index contributed by atoms with van der Waals surface area (Å²) in [6.45, 7) is 3.19. The van der Waals surface area contributed by atoms with Gasteiger partial charge in [0.2, 0.25) is 0 Å². The second-order valence-electron chi connectivity index (χ2n) is 5.32. The van der Waals surface area contributed by atoms with Gasteiger partial charge in [0.1, 0.15) is 5.82 Å². The van der Waals surface area contributed by atoms with Crippen molar-refractivity contribution >= 4 is 5.82 Å². The smallest absolute Gasteiger partial charge is 0.129 e. The quantitative estimate of drug-likeness (QED) is 0.829. The molecule has 0 spiro atoms. The number of anilines is 1. The summed E-state index contributed by atoms with van der Waals surface area (Å²) in [7, 11) is 0. The second-order valence-corrected chi connectivity index (χ2v) is 5.32. The summed E-state index contributed by atoms with van der Waals surface area (Å²) in [4.78, 5) is 7.15. The minimum absolute atomic E-state index is 0.594. The van der Waals surface area contributed by atoms with Crippen molar-refractivity contribution in [3.8, 4) is 0 Å². The Labute approximate surface area is 115 Å². The Morgan fingerprint density at radius 3 is 2.74 bits per heavy atom. The summed E-state index contributed by atoms with van der Waals surface area (Å²) in [5, 5.41) is 0. The van der Waals surface area contributed by atoms with E-state index in [4.69, 9.17) is 0 Å². The van der Waals surface area contributed by atoms with E-state index in [1.165, 1.54) is 18.4 Å². The lowest BCUT2D eigenvalue weighted by atomic mass is 10.0. The zero-order valence-corrected chi connectivity index (χ0v) is 11.4. The van der Waals surface area contributed by atoms with Gasteiger partial charge in [-0.2, -0.15) is 0 Å². The van der Waals surface area contributed by atoms with E-state index in [9.17, 15) is 0 Å². The number of benzene rings is 1. The second kappa shape index (κ2) is 5.43. The van der Waals surface area contributed by atoms with Gasteiger partial charge in [-0.15, -0.1) is 0 Å². The first kappa shape index (κ1) is 12.2.